The lowest BCUT2D eigenvalue weighted by Crippen LogP contribution is -2.31. The van der Waals surface area contributed by atoms with Crippen molar-refractivity contribution in [1.29, 1.82) is 0 Å². The van der Waals surface area contributed by atoms with Crippen molar-refractivity contribution in [1.82, 2.24) is 19.5 Å². The number of thioether (sulfide) groups is 1. The monoisotopic (exact) mass is 796 g/mol. The number of aliphatic hydroxyl groups is 1. The average molecular weight is 797 g/mol. The molecule has 2 N–H and O–H groups in total. The smallest absolute Gasteiger partial charge is 0.472 e. The molecule has 300 valence electrons. The highest BCUT2D eigenvalue weighted by molar-refractivity contribution is 7.99. The molecule has 1 aliphatic heterocycles. The van der Waals surface area contributed by atoms with E-state index in [1.54, 1.807) is 11.8 Å². The third kappa shape index (κ3) is 16.3. The zero-order chi connectivity index (χ0) is 37.6. The summed E-state index contributed by atoms with van der Waals surface area (Å²) in [4.78, 5) is 22.7. The van der Waals surface area contributed by atoms with Gasteiger partial charge in [0.2, 0.25) is 11.2 Å². The van der Waals surface area contributed by atoms with Gasteiger partial charge in [-0.05, 0) is 30.2 Å². The second-order valence-electron chi connectivity index (χ2n) is 13.6. The van der Waals surface area contributed by atoms with Crippen molar-refractivity contribution in [3.05, 3.63) is 11.6 Å². The van der Waals surface area contributed by atoms with Crippen LogP contribution in [0.3, 0.4) is 0 Å². The van der Waals surface area contributed by atoms with Crippen molar-refractivity contribution < 1.29 is 42.2 Å². The number of methoxy groups -OCH3 is 1. The maximum Gasteiger partial charge on any atom is 0.472 e. The topological polar surface area (TPSA) is 147 Å². The Bertz CT molecular complexity index is 1300. The summed E-state index contributed by atoms with van der Waals surface area (Å²) >= 11 is 7.76. The molecule has 0 aliphatic carbocycles. The van der Waals surface area contributed by atoms with Crippen LogP contribution in [-0.2, 0) is 23.1 Å². The van der Waals surface area contributed by atoms with Crippen LogP contribution in [-0.4, -0.2) is 92.4 Å². The van der Waals surface area contributed by atoms with E-state index < -0.39 is 45.1 Å². The van der Waals surface area contributed by atoms with Crippen LogP contribution in [0.2, 0.25) is 5.28 Å². The van der Waals surface area contributed by atoms with Gasteiger partial charge in [-0.15, -0.1) is 0 Å². The molecular formula is C36H63ClFN4O8PS. The standard InChI is InChI=1S/C36H63ClFN4O8PS/c1-4-6-8-10-12-14-15-17-19-21-23-52-26-28(47-22-20-18-16-13-11-9-7-5-2)24-48-51(44,45)49-25-29-32(43)30(38)35(50-29)42-27-39-31-33(42)40-36(37)41-34(31)46-3/h27-30,32,35,43H,4-26H2,1-3H3,(H,44,45)/t28?,29-,30-,32?,35-/m1/s1. The molecule has 1 fully saturated rings. The van der Waals surface area contributed by atoms with Gasteiger partial charge in [-0.1, -0.05) is 117 Å². The van der Waals surface area contributed by atoms with E-state index in [1.807, 2.05) is 0 Å². The van der Waals surface area contributed by atoms with E-state index in [0.29, 0.717) is 12.4 Å². The molecule has 1 saturated heterocycles. The fourth-order valence-electron chi connectivity index (χ4n) is 6.18. The highest BCUT2D eigenvalue weighted by Crippen LogP contribution is 2.45. The lowest BCUT2D eigenvalue weighted by atomic mass is 10.1. The number of halogens is 2. The van der Waals surface area contributed by atoms with Crippen molar-refractivity contribution in [3.8, 4) is 5.88 Å². The van der Waals surface area contributed by atoms with Gasteiger partial charge in [0.25, 0.3) is 0 Å². The Kier molecular flexibility index (Phi) is 22.6. The summed E-state index contributed by atoms with van der Waals surface area (Å²) in [5.74, 6) is 1.71. The van der Waals surface area contributed by atoms with Gasteiger partial charge in [0, 0.05) is 12.4 Å². The van der Waals surface area contributed by atoms with E-state index in [2.05, 4.69) is 28.8 Å². The first kappa shape index (κ1) is 45.3. The highest BCUT2D eigenvalue weighted by Gasteiger charge is 2.47. The Morgan fingerprint density at radius 2 is 1.54 bits per heavy atom. The van der Waals surface area contributed by atoms with Crippen LogP contribution in [0.1, 0.15) is 136 Å². The number of phosphoric ester groups is 1. The SMILES string of the molecule is CCCCCCCCCCCCSCC(COP(=O)(O)OC[C@H]1O[C@@H](n2cnc3c(OC)nc(Cl)nc32)[C@H](F)C1O)OCCCCCCCCCC. The third-order valence-corrected chi connectivity index (χ3v) is 11.6. The Morgan fingerprint density at radius 1 is 0.942 bits per heavy atom. The van der Waals surface area contributed by atoms with Crippen molar-refractivity contribution in [2.45, 2.75) is 160 Å². The minimum atomic E-state index is -4.59. The molecule has 3 unspecified atom stereocenters. The molecule has 3 heterocycles. The van der Waals surface area contributed by atoms with Crippen LogP contribution in [0.4, 0.5) is 4.39 Å². The molecule has 0 radical (unpaired) electrons. The fraction of sp³-hybridized carbons (Fsp3) is 0.861. The largest absolute Gasteiger partial charge is 0.479 e. The van der Waals surface area contributed by atoms with Crippen molar-refractivity contribution >= 4 is 42.3 Å². The molecule has 2 aromatic rings. The van der Waals surface area contributed by atoms with Crippen molar-refractivity contribution in [3.63, 3.8) is 0 Å². The zero-order valence-electron chi connectivity index (χ0n) is 31.5. The number of hydrogen-bond acceptors (Lipinski definition) is 11. The number of hydrogen-bond donors (Lipinski definition) is 2. The molecule has 6 atom stereocenters. The summed E-state index contributed by atoms with van der Waals surface area (Å²) in [6.07, 6.45) is 17.0. The molecule has 0 amide bonds. The van der Waals surface area contributed by atoms with Crippen LogP contribution >= 0.6 is 31.2 Å². The first-order chi connectivity index (χ1) is 25.2. The number of ether oxygens (including phenoxy) is 3. The fourth-order valence-corrected chi connectivity index (χ4v) is 8.13. The van der Waals surface area contributed by atoms with Gasteiger partial charge >= 0.3 is 7.82 Å². The van der Waals surface area contributed by atoms with Gasteiger partial charge in [0.1, 0.15) is 12.2 Å². The lowest BCUT2D eigenvalue weighted by molar-refractivity contribution is -0.0484. The number of alkyl halides is 1. The third-order valence-electron chi connectivity index (χ3n) is 9.25. The number of aliphatic hydroxyl groups excluding tert-OH is 1. The van der Waals surface area contributed by atoms with Crippen molar-refractivity contribution in [2.24, 2.45) is 0 Å². The maximum atomic E-state index is 15.3. The van der Waals surface area contributed by atoms with Crippen LogP contribution in [0.5, 0.6) is 5.88 Å². The normalized spacial score (nSPS) is 20.8. The summed E-state index contributed by atoms with van der Waals surface area (Å²) in [5.41, 5.74) is 0.365. The molecule has 2 aromatic heterocycles. The quantitative estimate of drug-likeness (QED) is 0.0426. The Hall–Kier alpha value is -1.09. The first-order valence-electron chi connectivity index (χ1n) is 19.4. The minimum Gasteiger partial charge on any atom is -0.479 e. The minimum absolute atomic E-state index is 0.0956. The highest BCUT2D eigenvalue weighted by atomic mass is 35.5. The van der Waals surface area contributed by atoms with Gasteiger partial charge in [0.05, 0.1) is 32.8 Å². The van der Waals surface area contributed by atoms with Crippen molar-refractivity contribution in [2.75, 3.05) is 38.4 Å². The van der Waals surface area contributed by atoms with Gasteiger partial charge in [-0.2, -0.15) is 21.7 Å². The van der Waals surface area contributed by atoms with Gasteiger partial charge in [-0.25, -0.2) is 13.9 Å². The molecule has 0 aromatic carbocycles. The molecule has 0 saturated carbocycles. The van der Waals surface area contributed by atoms with Crippen LogP contribution in [0.15, 0.2) is 6.33 Å². The zero-order valence-corrected chi connectivity index (χ0v) is 33.9. The predicted octanol–water partition coefficient (Wildman–Crippen LogP) is 9.40. The number of unbranched alkanes of at least 4 members (excludes halogenated alkanes) is 16. The molecule has 3 rings (SSSR count). The second-order valence-corrected chi connectivity index (χ2v) is 16.6. The lowest BCUT2D eigenvalue weighted by Gasteiger charge is -2.21. The maximum absolute atomic E-state index is 15.3. The molecule has 16 heteroatoms. The molecule has 0 spiro atoms. The predicted molar refractivity (Wildman–Crippen MR) is 205 cm³/mol. The van der Waals surface area contributed by atoms with E-state index in [-0.39, 0.29) is 28.9 Å². The Morgan fingerprint density at radius 3 is 2.15 bits per heavy atom. The summed E-state index contributed by atoms with van der Waals surface area (Å²) < 4.78 is 57.0. The van der Waals surface area contributed by atoms with E-state index in [0.717, 1.165) is 25.0 Å². The molecule has 1 aliphatic rings. The Balaban J connectivity index is 1.43. The first-order valence-corrected chi connectivity index (χ1v) is 22.5. The number of fused-ring (bicyclic) bond motifs is 1. The van der Waals surface area contributed by atoms with E-state index in [4.69, 9.17) is 34.9 Å². The van der Waals surface area contributed by atoms with Crippen LogP contribution in [0.25, 0.3) is 11.2 Å². The Labute approximate surface area is 319 Å². The molecule has 12 nitrogen and oxygen atoms in total. The summed E-state index contributed by atoms with van der Waals surface area (Å²) in [6, 6.07) is 0. The van der Waals surface area contributed by atoms with Gasteiger partial charge in [-0.3, -0.25) is 13.6 Å². The van der Waals surface area contributed by atoms with Crippen LogP contribution < -0.4 is 4.74 Å². The number of nitrogens with zero attached hydrogens (tertiary/aromatic N) is 4. The van der Waals surface area contributed by atoms with Crippen LogP contribution in [0, 0.1) is 0 Å². The van der Waals surface area contributed by atoms with Gasteiger partial charge in [0.15, 0.2) is 23.6 Å². The summed E-state index contributed by atoms with van der Waals surface area (Å²) in [6.45, 7) is 4.28. The molecule has 52 heavy (non-hydrogen) atoms. The summed E-state index contributed by atoms with van der Waals surface area (Å²) in [7, 11) is -3.20. The van der Waals surface area contributed by atoms with E-state index >= 15 is 4.39 Å². The molecular weight excluding hydrogens is 734 g/mol. The average Bonchev–Trinajstić information content (AvgIpc) is 3.67. The number of imidazole rings is 1. The van der Waals surface area contributed by atoms with E-state index in [9.17, 15) is 14.6 Å². The number of phosphoric acid groups is 1. The number of aromatic nitrogens is 4. The van der Waals surface area contributed by atoms with E-state index in [1.165, 1.54) is 114 Å². The second kappa shape index (κ2) is 25.9. The molecule has 0 bridgehead atoms. The number of rotatable bonds is 31. The summed E-state index contributed by atoms with van der Waals surface area (Å²) in [5, 5.41) is 10.4. The van der Waals surface area contributed by atoms with Gasteiger partial charge < -0.3 is 24.2 Å².